The molecule has 1 aliphatic rings. The van der Waals surface area contributed by atoms with Crippen LogP contribution in [0.5, 0.6) is 0 Å². The lowest BCUT2D eigenvalue weighted by molar-refractivity contribution is 0.0789. The van der Waals surface area contributed by atoms with Crippen molar-refractivity contribution in [3.05, 3.63) is 18.0 Å². The number of ketones is 1. The molecule has 0 atom stereocenters. The number of hydrogen-bond donors (Lipinski definition) is 1. The van der Waals surface area contributed by atoms with Gasteiger partial charge < -0.3 is 5.73 Å². The molecule has 1 heterocycles. The fraction of sp³-hybridized carbons (Fsp3) is 0.600. The van der Waals surface area contributed by atoms with Gasteiger partial charge in [-0.2, -0.15) is 5.10 Å². The van der Waals surface area contributed by atoms with E-state index in [0.29, 0.717) is 12.2 Å². The van der Waals surface area contributed by atoms with Gasteiger partial charge in [-0.15, -0.1) is 0 Å². The first-order valence-electron chi connectivity index (χ1n) is 5.03. The summed E-state index contributed by atoms with van der Waals surface area (Å²) in [7, 11) is 0. The SMILES string of the molecule is CCn1nccc1C(=O)C1(N)CCC1. The number of rotatable bonds is 3. The van der Waals surface area contributed by atoms with Gasteiger partial charge in [-0.1, -0.05) is 0 Å². The van der Waals surface area contributed by atoms with Crippen molar-refractivity contribution >= 4 is 5.78 Å². The van der Waals surface area contributed by atoms with E-state index in [2.05, 4.69) is 5.10 Å². The van der Waals surface area contributed by atoms with Crippen molar-refractivity contribution in [1.29, 1.82) is 0 Å². The third-order valence-corrected chi connectivity index (χ3v) is 2.95. The molecular weight excluding hydrogens is 178 g/mol. The Morgan fingerprint density at radius 3 is 2.93 bits per heavy atom. The number of Topliss-reactive ketones (excluding diaryl/α,β-unsaturated/α-hetero) is 1. The van der Waals surface area contributed by atoms with Crippen LogP contribution in [0.15, 0.2) is 12.3 Å². The summed E-state index contributed by atoms with van der Waals surface area (Å²) < 4.78 is 1.70. The normalized spacial score (nSPS) is 19.0. The first kappa shape index (κ1) is 9.40. The molecule has 1 fully saturated rings. The van der Waals surface area contributed by atoms with E-state index in [1.165, 1.54) is 0 Å². The van der Waals surface area contributed by atoms with Crippen LogP contribution >= 0.6 is 0 Å². The highest BCUT2D eigenvalue weighted by atomic mass is 16.1. The van der Waals surface area contributed by atoms with E-state index in [9.17, 15) is 4.79 Å². The molecular formula is C10H15N3O. The van der Waals surface area contributed by atoms with Gasteiger partial charge in [0.25, 0.3) is 0 Å². The predicted molar refractivity (Wildman–Crippen MR) is 53.0 cm³/mol. The molecule has 0 saturated heterocycles. The second kappa shape index (κ2) is 3.20. The van der Waals surface area contributed by atoms with E-state index >= 15 is 0 Å². The molecule has 1 saturated carbocycles. The van der Waals surface area contributed by atoms with E-state index in [4.69, 9.17) is 5.73 Å². The number of carbonyl (C=O) groups is 1. The molecule has 1 aromatic rings. The quantitative estimate of drug-likeness (QED) is 0.727. The van der Waals surface area contributed by atoms with Crippen molar-refractivity contribution in [2.45, 2.75) is 38.3 Å². The average molecular weight is 193 g/mol. The van der Waals surface area contributed by atoms with Crippen molar-refractivity contribution < 1.29 is 4.79 Å². The molecule has 2 N–H and O–H groups in total. The molecule has 0 bridgehead atoms. The number of carbonyl (C=O) groups excluding carboxylic acids is 1. The molecule has 4 heteroatoms. The predicted octanol–water partition coefficient (Wildman–Crippen LogP) is 0.967. The van der Waals surface area contributed by atoms with Crippen LogP contribution < -0.4 is 5.73 Å². The van der Waals surface area contributed by atoms with Crippen molar-refractivity contribution in [2.24, 2.45) is 5.73 Å². The van der Waals surface area contributed by atoms with E-state index in [-0.39, 0.29) is 5.78 Å². The van der Waals surface area contributed by atoms with Crippen LogP contribution in [0.1, 0.15) is 36.7 Å². The Labute approximate surface area is 83.1 Å². The topological polar surface area (TPSA) is 60.9 Å². The summed E-state index contributed by atoms with van der Waals surface area (Å²) in [6, 6.07) is 1.75. The summed E-state index contributed by atoms with van der Waals surface area (Å²) in [5, 5.41) is 4.07. The Morgan fingerprint density at radius 2 is 2.43 bits per heavy atom. The van der Waals surface area contributed by atoms with Crippen LogP contribution in [0, 0.1) is 0 Å². The third kappa shape index (κ3) is 1.26. The summed E-state index contributed by atoms with van der Waals surface area (Å²) in [6.45, 7) is 2.68. The lowest BCUT2D eigenvalue weighted by atomic mass is 9.74. The Hall–Kier alpha value is -1.16. The minimum atomic E-state index is -0.604. The van der Waals surface area contributed by atoms with E-state index in [0.717, 1.165) is 19.3 Å². The summed E-state index contributed by atoms with van der Waals surface area (Å²) >= 11 is 0. The average Bonchev–Trinajstić information content (AvgIpc) is 2.60. The van der Waals surface area contributed by atoms with E-state index in [1.54, 1.807) is 16.9 Å². The van der Waals surface area contributed by atoms with Gasteiger partial charge in [0.15, 0.2) is 0 Å². The minimum Gasteiger partial charge on any atom is -0.319 e. The molecule has 0 aromatic carbocycles. The molecule has 14 heavy (non-hydrogen) atoms. The van der Waals surface area contributed by atoms with Gasteiger partial charge in [-0.05, 0) is 32.3 Å². The Bertz CT molecular complexity index is 352. The van der Waals surface area contributed by atoms with Gasteiger partial charge >= 0.3 is 0 Å². The van der Waals surface area contributed by atoms with Gasteiger partial charge in [-0.25, -0.2) is 0 Å². The van der Waals surface area contributed by atoms with Crippen molar-refractivity contribution in [1.82, 2.24) is 9.78 Å². The summed E-state index contributed by atoms with van der Waals surface area (Å²) in [4.78, 5) is 12.0. The number of nitrogens with two attached hydrogens (primary N) is 1. The molecule has 1 aromatic heterocycles. The van der Waals surface area contributed by atoms with Gasteiger partial charge in [0.05, 0.1) is 5.54 Å². The molecule has 1 aliphatic carbocycles. The van der Waals surface area contributed by atoms with Crippen molar-refractivity contribution in [3.63, 3.8) is 0 Å². The smallest absolute Gasteiger partial charge is 0.200 e. The minimum absolute atomic E-state index is 0.0445. The summed E-state index contributed by atoms with van der Waals surface area (Å²) in [5.74, 6) is 0.0445. The second-order valence-electron chi connectivity index (χ2n) is 3.87. The zero-order valence-corrected chi connectivity index (χ0v) is 8.36. The number of aryl methyl sites for hydroxylation is 1. The summed E-state index contributed by atoms with van der Waals surface area (Å²) in [6.07, 6.45) is 4.32. The Kier molecular flexibility index (Phi) is 2.15. The Morgan fingerprint density at radius 1 is 1.71 bits per heavy atom. The van der Waals surface area contributed by atoms with Crippen LogP contribution in [0.2, 0.25) is 0 Å². The second-order valence-corrected chi connectivity index (χ2v) is 3.87. The van der Waals surface area contributed by atoms with Crippen molar-refractivity contribution in [2.75, 3.05) is 0 Å². The maximum absolute atomic E-state index is 12.0. The largest absolute Gasteiger partial charge is 0.319 e. The molecule has 0 unspecified atom stereocenters. The molecule has 4 nitrogen and oxygen atoms in total. The van der Waals surface area contributed by atoms with Crippen LogP contribution in [0.25, 0.3) is 0 Å². The van der Waals surface area contributed by atoms with E-state index in [1.807, 2.05) is 6.92 Å². The molecule has 2 rings (SSSR count). The fourth-order valence-corrected chi connectivity index (χ4v) is 1.82. The van der Waals surface area contributed by atoms with Crippen LogP contribution in [-0.2, 0) is 6.54 Å². The standard InChI is InChI=1S/C10H15N3O/c1-2-13-8(4-7-12-13)9(14)10(11)5-3-6-10/h4,7H,2-3,5-6,11H2,1H3. The molecule has 0 spiro atoms. The zero-order chi connectivity index (χ0) is 10.2. The lowest BCUT2D eigenvalue weighted by Crippen LogP contribution is -2.54. The van der Waals surface area contributed by atoms with Crippen LogP contribution in [-0.4, -0.2) is 21.1 Å². The van der Waals surface area contributed by atoms with Crippen LogP contribution in [0.3, 0.4) is 0 Å². The number of hydrogen-bond acceptors (Lipinski definition) is 3. The fourth-order valence-electron chi connectivity index (χ4n) is 1.82. The highest BCUT2D eigenvalue weighted by Gasteiger charge is 2.41. The molecule has 0 aliphatic heterocycles. The van der Waals surface area contributed by atoms with Gasteiger partial charge in [0.1, 0.15) is 5.69 Å². The van der Waals surface area contributed by atoms with Crippen LogP contribution in [0.4, 0.5) is 0 Å². The van der Waals surface area contributed by atoms with Gasteiger partial charge in [0.2, 0.25) is 5.78 Å². The first-order chi connectivity index (χ1) is 6.67. The maximum Gasteiger partial charge on any atom is 0.200 e. The van der Waals surface area contributed by atoms with Gasteiger partial charge in [0, 0.05) is 12.7 Å². The first-order valence-corrected chi connectivity index (χ1v) is 5.03. The summed E-state index contributed by atoms with van der Waals surface area (Å²) in [5.41, 5.74) is 6.01. The lowest BCUT2D eigenvalue weighted by Gasteiger charge is -2.36. The van der Waals surface area contributed by atoms with Gasteiger partial charge in [-0.3, -0.25) is 9.48 Å². The third-order valence-electron chi connectivity index (χ3n) is 2.95. The Balaban J connectivity index is 2.26. The molecule has 0 radical (unpaired) electrons. The monoisotopic (exact) mass is 193 g/mol. The van der Waals surface area contributed by atoms with E-state index < -0.39 is 5.54 Å². The highest BCUT2D eigenvalue weighted by Crippen LogP contribution is 2.32. The molecule has 0 amide bonds. The van der Waals surface area contributed by atoms with Crippen molar-refractivity contribution in [3.8, 4) is 0 Å². The molecule has 76 valence electrons. The highest BCUT2D eigenvalue weighted by molar-refractivity contribution is 6.02. The maximum atomic E-state index is 12.0. The zero-order valence-electron chi connectivity index (χ0n) is 8.36. The number of aromatic nitrogens is 2. The number of nitrogens with zero attached hydrogens (tertiary/aromatic N) is 2.